The molecule has 0 aromatic carbocycles. The second-order valence-electron chi connectivity index (χ2n) is 5.91. The summed E-state index contributed by atoms with van der Waals surface area (Å²) in [5.74, 6) is 0.316. The normalized spacial score (nSPS) is 21.9. The number of amides is 1. The van der Waals surface area contributed by atoms with E-state index in [4.69, 9.17) is 5.73 Å². The van der Waals surface area contributed by atoms with Gasteiger partial charge in [-0.25, -0.2) is 4.98 Å². The summed E-state index contributed by atoms with van der Waals surface area (Å²) in [6.45, 7) is 2.08. The van der Waals surface area contributed by atoms with E-state index < -0.39 is 6.04 Å². The monoisotopic (exact) mass is 309 g/mol. The predicted octanol–water partition coefficient (Wildman–Crippen LogP) is 1.55. The lowest BCUT2D eigenvalue weighted by molar-refractivity contribution is -0.119. The molecular weight excluding hydrogens is 292 g/mol. The van der Waals surface area contributed by atoms with E-state index in [1.807, 2.05) is 23.6 Å². The number of primary amides is 1. The van der Waals surface area contributed by atoms with Crippen molar-refractivity contribution < 1.29 is 4.79 Å². The van der Waals surface area contributed by atoms with Gasteiger partial charge in [0.15, 0.2) is 5.82 Å². The molecule has 3 N–H and O–H groups in total. The third-order valence-corrected chi connectivity index (χ3v) is 4.47. The lowest BCUT2D eigenvalue weighted by Crippen LogP contribution is -2.52. The number of anilines is 1. The fraction of sp³-hybridized carbons (Fsp3) is 0.312. The molecule has 117 valence electrons. The molecule has 0 spiro atoms. The van der Waals surface area contributed by atoms with Crippen molar-refractivity contribution in [1.29, 1.82) is 0 Å². The van der Waals surface area contributed by atoms with Crippen LogP contribution in [0, 0.1) is 6.42 Å². The zero-order chi connectivity index (χ0) is 16.0. The lowest BCUT2D eigenvalue weighted by atomic mass is 9.95. The number of aromatic nitrogens is 4. The topological polar surface area (TPSA) is 101 Å². The van der Waals surface area contributed by atoms with E-state index in [-0.39, 0.29) is 11.9 Å². The Bertz CT molecular complexity index is 889. The van der Waals surface area contributed by atoms with Crippen LogP contribution in [0.5, 0.6) is 0 Å². The van der Waals surface area contributed by atoms with Crippen LogP contribution in [0.15, 0.2) is 24.7 Å². The number of piperidine rings is 1. The molecule has 1 amide bonds. The van der Waals surface area contributed by atoms with Crippen molar-refractivity contribution in [2.24, 2.45) is 5.73 Å². The Hall–Kier alpha value is -2.70. The standard InChI is InChI=1S/C16H17N6O/c1-9-3-2-4-12(14(17)23)22(9)16-13-10(8-20-21-16)7-19-15-11(13)5-6-18-15/h4-9,12H,2-3H2,1H3,(H2,17,23)(H,18,19). The van der Waals surface area contributed by atoms with E-state index in [9.17, 15) is 4.79 Å². The number of nitrogens with zero attached hydrogens (tertiary/aromatic N) is 4. The Morgan fingerprint density at radius 2 is 2.30 bits per heavy atom. The zero-order valence-corrected chi connectivity index (χ0v) is 12.7. The molecule has 0 aliphatic carbocycles. The molecule has 2 atom stereocenters. The second-order valence-corrected chi connectivity index (χ2v) is 5.91. The van der Waals surface area contributed by atoms with Crippen LogP contribution in [-0.4, -0.2) is 38.2 Å². The van der Waals surface area contributed by atoms with Gasteiger partial charge in [0.25, 0.3) is 0 Å². The zero-order valence-electron chi connectivity index (χ0n) is 12.7. The summed E-state index contributed by atoms with van der Waals surface area (Å²) in [7, 11) is 0. The molecule has 7 nitrogen and oxygen atoms in total. The molecule has 1 aliphatic heterocycles. The van der Waals surface area contributed by atoms with Crippen LogP contribution in [0.25, 0.3) is 21.8 Å². The van der Waals surface area contributed by atoms with Gasteiger partial charge in [-0.15, -0.1) is 5.10 Å². The minimum Gasteiger partial charge on any atom is -0.368 e. The average Bonchev–Trinajstić information content (AvgIpc) is 3.02. The van der Waals surface area contributed by atoms with Gasteiger partial charge >= 0.3 is 0 Å². The minimum atomic E-state index is -0.471. The number of H-pyrrole nitrogens is 1. The molecule has 2 unspecified atom stereocenters. The van der Waals surface area contributed by atoms with E-state index >= 15 is 0 Å². The van der Waals surface area contributed by atoms with E-state index in [2.05, 4.69) is 27.1 Å². The van der Waals surface area contributed by atoms with Gasteiger partial charge in [-0.05, 0) is 32.3 Å². The summed E-state index contributed by atoms with van der Waals surface area (Å²) in [4.78, 5) is 21.4. The van der Waals surface area contributed by atoms with Crippen LogP contribution < -0.4 is 10.6 Å². The van der Waals surface area contributed by atoms with Crippen molar-refractivity contribution in [2.75, 3.05) is 4.90 Å². The third-order valence-electron chi connectivity index (χ3n) is 4.47. The van der Waals surface area contributed by atoms with Gasteiger partial charge in [-0.2, -0.15) is 5.10 Å². The number of nitrogens with two attached hydrogens (primary N) is 1. The largest absolute Gasteiger partial charge is 0.368 e. The van der Waals surface area contributed by atoms with E-state index in [0.29, 0.717) is 5.82 Å². The fourth-order valence-electron chi connectivity index (χ4n) is 3.36. The number of hydrogen-bond donors (Lipinski definition) is 2. The highest BCUT2D eigenvalue weighted by Crippen LogP contribution is 2.35. The summed E-state index contributed by atoms with van der Waals surface area (Å²) >= 11 is 0. The molecule has 3 aromatic heterocycles. The SMILES string of the molecule is CC1CC[CH]C(C(N)=O)N1c1nncc2cnc3[nH]ccc3c12. The Morgan fingerprint density at radius 1 is 1.43 bits per heavy atom. The van der Waals surface area contributed by atoms with Gasteiger partial charge in [0.05, 0.1) is 6.20 Å². The summed E-state index contributed by atoms with van der Waals surface area (Å²) in [5, 5.41) is 11.3. The first-order valence-corrected chi connectivity index (χ1v) is 7.65. The van der Waals surface area contributed by atoms with Crippen molar-refractivity contribution in [1.82, 2.24) is 20.2 Å². The van der Waals surface area contributed by atoms with E-state index in [1.54, 1.807) is 12.4 Å². The van der Waals surface area contributed by atoms with Gasteiger partial charge in [0.2, 0.25) is 5.91 Å². The minimum absolute atomic E-state index is 0.152. The summed E-state index contributed by atoms with van der Waals surface area (Å²) in [6, 6.07) is 1.65. The number of pyridine rings is 1. The van der Waals surface area contributed by atoms with Crippen LogP contribution in [-0.2, 0) is 4.79 Å². The predicted molar refractivity (Wildman–Crippen MR) is 87.6 cm³/mol. The van der Waals surface area contributed by atoms with Crippen LogP contribution in [0.1, 0.15) is 19.8 Å². The first-order chi connectivity index (χ1) is 11.2. The molecule has 4 rings (SSSR count). The van der Waals surface area contributed by atoms with Crippen LogP contribution in [0.4, 0.5) is 5.82 Å². The number of carbonyl (C=O) groups excluding carboxylic acids is 1. The van der Waals surface area contributed by atoms with Crippen molar-refractivity contribution >= 4 is 33.5 Å². The number of carbonyl (C=O) groups is 1. The molecular formula is C16H17N6O. The van der Waals surface area contributed by atoms with Gasteiger partial charge in [0.1, 0.15) is 11.7 Å². The highest BCUT2D eigenvalue weighted by Gasteiger charge is 2.34. The third kappa shape index (κ3) is 2.11. The lowest BCUT2D eigenvalue weighted by Gasteiger charge is -2.39. The smallest absolute Gasteiger partial charge is 0.240 e. The maximum absolute atomic E-state index is 11.9. The number of fused-ring (bicyclic) bond motifs is 3. The molecule has 23 heavy (non-hydrogen) atoms. The van der Waals surface area contributed by atoms with Crippen LogP contribution >= 0.6 is 0 Å². The van der Waals surface area contributed by atoms with E-state index in [1.165, 1.54) is 0 Å². The van der Waals surface area contributed by atoms with Gasteiger partial charge in [-0.3, -0.25) is 4.79 Å². The molecule has 0 bridgehead atoms. The number of rotatable bonds is 2. The second kappa shape index (κ2) is 5.19. The Kier molecular flexibility index (Phi) is 3.14. The molecule has 1 saturated heterocycles. The number of hydrogen-bond acceptors (Lipinski definition) is 5. The van der Waals surface area contributed by atoms with Gasteiger partial charge in [0, 0.05) is 34.6 Å². The highest BCUT2D eigenvalue weighted by atomic mass is 16.1. The highest BCUT2D eigenvalue weighted by molar-refractivity contribution is 6.10. The van der Waals surface area contributed by atoms with Gasteiger partial charge < -0.3 is 15.6 Å². The summed E-state index contributed by atoms with van der Waals surface area (Å²) in [6.07, 6.45) is 9.07. The number of aromatic amines is 1. The molecule has 1 aliphatic rings. The van der Waals surface area contributed by atoms with Crippen LogP contribution in [0.3, 0.4) is 0 Å². The quantitative estimate of drug-likeness (QED) is 0.748. The Morgan fingerprint density at radius 3 is 3.13 bits per heavy atom. The van der Waals surface area contributed by atoms with Crippen molar-refractivity contribution in [3.05, 3.63) is 31.1 Å². The average molecular weight is 309 g/mol. The molecule has 0 saturated carbocycles. The number of nitrogens with one attached hydrogen (secondary N) is 1. The molecule has 1 radical (unpaired) electrons. The van der Waals surface area contributed by atoms with Gasteiger partial charge in [-0.1, -0.05) is 0 Å². The van der Waals surface area contributed by atoms with Crippen molar-refractivity contribution in [3.63, 3.8) is 0 Å². The first-order valence-electron chi connectivity index (χ1n) is 7.65. The molecule has 4 heterocycles. The summed E-state index contributed by atoms with van der Waals surface area (Å²) < 4.78 is 0. The van der Waals surface area contributed by atoms with Crippen molar-refractivity contribution in [3.8, 4) is 0 Å². The van der Waals surface area contributed by atoms with E-state index in [0.717, 1.165) is 34.6 Å². The molecule has 7 heteroatoms. The maximum atomic E-state index is 11.9. The Labute approximate surface area is 132 Å². The summed E-state index contributed by atoms with van der Waals surface area (Å²) in [5.41, 5.74) is 6.40. The maximum Gasteiger partial charge on any atom is 0.240 e. The Balaban J connectivity index is 1.99. The van der Waals surface area contributed by atoms with Crippen LogP contribution in [0.2, 0.25) is 0 Å². The molecule has 3 aromatic rings. The van der Waals surface area contributed by atoms with Crippen molar-refractivity contribution in [2.45, 2.75) is 31.8 Å². The molecule has 1 fully saturated rings. The fourth-order valence-corrected chi connectivity index (χ4v) is 3.36. The first kappa shape index (κ1) is 13.9.